The van der Waals surface area contributed by atoms with Crippen molar-refractivity contribution < 1.29 is 18.7 Å². The van der Waals surface area contributed by atoms with Gasteiger partial charge in [0, 0.05) is 22.8 Å². The molecule has 2 N–H and O–H groups in total. The number of aromatic nitrogens is 1. The third-order valence-electron chi connectivity index (χ3n) is 4.63. The SMILES string of the molecule is Cc1cc(C(=O)Nc2ccc3c(c2)NC(=O)CO3)c(C)n1-c1ccc(F)cc1. The molecule has 0 radical (unpaired) electrons. The molecule has 0 atom stereocenters. The maximum atomic E-state index is 13.2. The number of nitrogens with zero attached hydrogens (tertiary/aromatic N) is 1. The molecule has 2 aromatic carbocycles. The number of rotatable bonds is 3. The van der Waals surface area contributed by atoms with Crippen LogP contribution < -0.4 is 15.4 Å². The van der Waals surface area contributed by atoms with Crippen molar-refractivity contribution >= 4 is 23.2 Å². The van der Waals surface area contributed by atoms with Gasteiger partial charge in [0.2, 0.25) is 0 Å². The minimum Gasteiger partial charge on any atom is -0.482 e. The van der Waals surface area contributed by atoms with Crippen molar-refractivity contribution in [1.29, 1.82) is 0 Å². The molecular formula is C21H18FN3O3. The van der Waals surface area contributed by atoms with Crippen LogP contribution in [0.2, 0.25) is 0 Å². The van der Waals surface area contributed by atoms with Crippen LogP contribution >= 0.6 is 0 Å². The number of nitrogens with one attached hydrogen (secondary N) is 2. The van der Waals surface area contributed by atoms with Crippen molar-refractivity contribution in [3.8, 4) is 11.4 Å². The molecule has 0 saturated carbocycles. The average Bonchev–Trinajstić information content (AvgIpc) is 2.96. The number of ether oxygens (including phenoxy) is 1. The van der Waals surface area contributed by atoms with E-state index < -0.39 is 0 Å². The van der Waals surface area contributed by atoms with Crippen LogP contribution in [0.25, 0.3) is 5.69 Å². The Hall–Kier alpha value is -3.61. The third-order valence-corrected chi connectivity index (χ3v) is 4.63. The van der Waals surface area contributed by atoms with Crippen LogP contribution in [0.3, 0.4) is 0 Å². The Labute approximate surface area is 160 Å². The third kappa shape index (κ3) is 3.22. The molecule has 0 saturated heterocycles. The predicted octanol–water partition coefficient (Wildman–Crippen LogP) is 3.82. The molecule has 2 amide bonds. The summed E-state index contributed by atoms with van der Waals surface area (Å²) in [5, 5.41) is 5.56. The van der Waals surface area contributed by atoms with Gasteiger partial charge in [-0.05, 0) is 62.4 Å². The molecule has 1 aliphatic heterocycles. The summed E-state index contributed by atoms with van der Waals surface area (Å²) in [5.41, 5.74) is 3.97. The fraction of sp³-hybridized carbons (Fsp3) is 0.143. The van der Waals surface area contributed by atoms with Crippen molar-refractivity contribution in [2.45, 2.75) is 13.8 Å². The van der Waals surface area contributed by atoms with E-state index in [1.807, 2.05) is 18.4 Å². The summed E-state index contributed by atoms with van der Waals surface area (Å²) in [5.74, 6) is -0.261. The van der Waals surface area contributed by atoms with Crippen molar-refractivity contribution in [3.05, 3.63) is 71.3 Å². The Bertz CT molecular complexity index is 1090. The number of aryl methyl sites for hydroxylation is 1. The fourth-order valence-electron chi connectivity index (χ4n) is 3.34. The molecule has 142 valence electrons. The minimum atomic E-state index is -0.312. The summed E-state index contributed by atoms with van der Waals surface area (Å²) in [4.78, 5) is 24.3. The van der Waals surface area contributed by atoms with Crippen LogP contribution in [0.5, 0.6) is 5.75 Å². The van der Waals surface area contributed by atoms with E-state index in [4.69, 9.17) is 4.74 Å². The zero-order valence-corrected chi connectivity index (χ0v) is 15.4. The lowest BCUT2D eigenvalue weighted by atomic mass is 10.2. The van der Waals surface area contributed by atoms with Gasteiger partial charge in [0.15, 0.2) is 6.61 Å². The molecule has 2 heterocycles. The smallest absolute Gasteiger partial charge is 0.262 e. The summed E-state index contributed by atoms with van der Waals surface area (Å²) in [6.45, 7) is 3.71. The standard InChI is InChI=1S/C21H18FN3O3/c1-12-9-17(13(2)25(12)16-6-3-14(22)4-7-16)21(27)23-15-5-8-19-18(10-15)24-20(26)11-28-19/h3-10H,11H2,1-2H3,(H,23,27)(H,24,26). The maximum absolute atomic E-state index is 13.2. The summed E-state index contributed by atoms with van der Waals surface area (Å²) in [6, 6.07) is 13.0. The van der Waals surface area contributed by atoms with Crippen molar-refractivity contribution in [1.82, 2.24) is 4.57 Å². The molecule has 0 aliphatic carbocycles. The Kier molecular flexibility index (Phi) is 4.35. The van der Waals surface area contributed by atoms with E-state index in [9.17, 15) is 14.0 Å². The van der Waals surface area contributed by atoms with Gasteiger partial charge in [0.25, 0.3) is 11.8 Å². The van der Waals surface area contributed by atoms with Gasteiger partial charge in [-0.15, -0.1) is 0 Å². The summed E-state index contributed by atoms with van der Waals surface area (Å²) < 4.78 is 20.4. The number of hydrogen-bond acceptors (Lipinski definition) is 3. The fourth-order valence-corrected chi connectivity index (χ4v) is 3.34. The predicted molar refractivity (Wildman–Crippen MR) is 104 cm³/mol. The molecule has 1 aromatic heterocycles. The molecule has 0 fully saturated rings. The van der Waals surface area contributed by atoms with Gasteiger partial charge in [-0.25, -0.2) is 4.39 Å². The first-order valence-corrected chi connectivity index (χ1v) is 8.75. The molecule has 28 heavy (non-hydrogen) atoms. The van der Waals surface area contributed by atoms with Gasteiger partial charge >= 0.3 is 0 Å². The Morgan fingerprint density at radius 3 is 2.64 bits per heavy atom. The van der Waals surface area contributed by atoms with Crippen molar-refractivity contribution in [2.75, 3.05) is 17.2 Å². The molecule has 0 spiro atoms. The average molecular weight is 379 g/mol. The van der Waals surface area contributed by atoms with Gasteiger partial charge in [-0.1, -0.05) is 0 Å². The molecule has 6 nitrogen and oxygen atoms in total. The van der Waals surface area contributed by atoms with Crippen molar-refractivity contribution in [2.24, 2.45) is 0 Å². The van der Waals surface area contributed by atoms with Gasteiger partial charge in [-0.3, -0.25) is 9.59 Å². The van der Waals surface area contributed by atoms with E-state index >= 15 is 0 Å². The van der Waals surface area contributed by atoms with Crippen LogP contribution in [0, 0.1) is 19.7 Å². The molecule has 4 rings (SSSR count). The summed E-state index contributed by atoms with van der Waals surface area (Å²) >= 11 is 0. The number of carbonyl (C=O) groups excluding carboxylic acids is 2. The largest absolute Gasteiger partial charge is 0.482 e. The molecule has 0 bridgehead atoms. The Morgan fingerprint density at radius 2 is 1.89 bits per heavy atom. The lowest BCUT2D eigenvalue weighted by molar-refractivity contribution is -0.118. The Balaban J connectivity index is 1.61. The number of amides is 2. The molecular weight excluding hydrogens is 361 g/mol. The Morgan fingerprint density at radius 1 is 1.14 bits per heavy atom. The number of fused-ring (bicyclic) bond motifs is 1. The van der Waals surface area contributed by atoms with Crippen LogP contribution in [0.15, 0.2) is 48.5 Å². The highest BCUT2D eigenvalue weighted by molar-refractivity contribution is 6.06. The second-order valence-electron chi connectivity index (χ2n) is 6.60. The first-order chi connectivity index (χ1) is 13.4. The van der Waals surface area contributed by atoms with Gasteiger partial charge in [0.05, 0.1) is 11.3 Å². The molecule has 3 aromatic rings. The molecule has 7 heteroatoms. The summed E-state index contributed by atoms with van der Waals surface area (Å²) in [7, 11) is 0. The first kappa shape index (κ1) is 17.8. The van der Waals surface area contributed by atoms with E-state index in [1.54, 1.807) is 36.4 Å². The topological polar surface area (TPSA) is 72.4 Å². The van der Waals surface area contributed by atoms with Gasteiger partial charge in [-0.2, -0.15) is 0 Å². The monoisotopic (exact) mass is 379 g/mol. The van der Waals surface area contributed by atoms with Gasteiger partial charge in [0.1, 0.15) is 11.6 Å². The second-order valence-corrected chi connectivity index (χ2v) is 6.60. The van der Waals surface area contributed by atoms with Crippen LogP contribution in [-0.2, 0) is 4.79 Å². The highest BCUT2D eigenvalue weighted by Gasteiger charge is 2.19. The lowest BCUT2D eigenvalue weighted by Crippen LogP contribution is -2.25. The zero-order valence-electron chi connectivity index (χ0n) is 15.4. The number of carbonyl (C=O) groups is 2. The first-order valence-electron chi connectivity index (χ1n) is 8.75. The lowest BCUT2D eigenvalue weighted by Gasteiger charge is -2.18. The molecule has 0 unspecified atom stereocenters. The van der Waals surface area contributed by atoms with Crippen LogP contribution in [-0.4, -0.2) is 23.0 Å². The minimum absolute atomic E-state index is 0.0198. The number of anilines is 2. The van der Waals surface area contributed by atoms with E-state index in [2.05, 4.69) is 10.6 Å². The number of benzene rings is 2. The second kappa shape index (κ2) is 6.84. The van der Waals surface area contributed by atoms with Crippen LogP contribution in [0.1, 0.15) is 21.7 Å². The van der Waals surface area contributed by atoms with Crippen LogP contribution in [0.4, 0.5) is 15.8 Å². The quantitative estimate of drug-likeness (QED) is 0.727. The van der Waals surface area contributed by atoms with Crippen molar-refractivity contribution in [3.63, 3.8) is 0 Å². The van der Waals surface area contributed by atoms with Gasteiger partial charge < -0.3 is 19.9 Å². The van der Waals surface area contributed by atoms with E-state index in [1.165, 1.54) is 12.1 Å². The number of hydrogen-bond donors (Lipinski definition) is 2. The van der Waals surface area contributed by atoms with E-state index in [-0.39, 0.29) is 24.2 Å². The van der Waals surface area contributed by atoms with E-state index in [0.717, 1.165) is 17.1 Å². The highest BCUT2D eigenvalue weighted by atomic mass is 19.1. The normalized spacial score (nSPS) is 12.8. The highest BCUT2D eigenvalue weighted by Crippen LogP contribution is 2.31. The summed E-state index contributed by atoms with van der Waals surface area (Å²) in [6.07, 6.45) is 0. The molecule has 1 aliphatic rings. The maximum Gasteiger partial charge on any atom is 0.262 e. The zero-order chi connectivity index (χ0) is 19.8. The number of halogens is 1. The van der Waals surface area contributed by atoms with E-state index in [0.29, 0.717) is 22.7 Å².